The van der Waals surface area contributed by atoms with Crippen molar-refractivity contribution in [1.29, 1.82) is 0 Å². The van der Waals surface area contributed by atoms with Gasteiger partial charge in [0.2, 0.25) is 0 Å². The van der Waals surface area contributed by atoms with Crippen molar-refractivity contribution in [2.75, 3.05) is 12.9 Å². The van der Waals surface area contributed by atoms with E-state index >= 15 is 0 Å². The number of hydrogen-bond donors (Lipinski definition) is 1. The van der Waals surface area contributed by atoms with Gasteiger partial charge in [-0.2, -0.15) is 0 Å². The zero-order valence-corrected chi connectivity index (χ0v) is 25.9. The first-order valence-corrected chi connectivity index (χ1v) is 17.8. The third-order valence-corrected chi connectivity index (χ3v) is 13.0. The summed E-state index contributed by atoms with van der Waals surface area (Å²) in [4.78, 5) is 25.3. The summed E-state index contributed by atoms with van der Waals surface area (Å²) in [5.41, 5.74) is 0. The van der Waals surface area contributed by atoms with Gasteiger partial charge in [-0.3, -0.25) is 9.59 Å². The minimum absolute atomic E-state index is 0.0277. The van der Waals surface area contributed by atoms with Crippen LogP contribution >= 0.6 is 11.8 Å². The molecule has 5 nitrogen and oxygen atoms in total. The van der Waals surface area contributed by atoms with Crippen molar-refractivity contribution in [3.63, 3.8) is 0 Å². The molecular formula is C29H52O5SSi. The molecular weight excluding hydrogens is 488 g/mol. The van der Waals surface area contributed by atoms with Gasteiger partial charge in [0.05, 0.1) is 25.2 Å². The van der Waals surface area contributed by atoms with E-state index in [9.17, 15) is 14.7 Å². The Morgan fingerprint density at radius 1 is 1.14 bits per heavy atom. The minimum atomic E-state index is -1.94. The number of ether oxygens (including phenoxy) is 1. The standard InChI is InChI=1S/C29H52O5SSi/c1-9-11-13-16-23(34-36(7,8)29(3,4)5)20-19-22-21-25(35-10-2)28(32)27(22)24(30)17-14-12-15-18-26(31)33-6/h19-24,27,30H,9-18H2,1-8H3. The lowest BCUT2D eigenvalue weighted by Gasteiger charge is -2.38. The highest BCUT2D eigenvalue weighted by Crippen LogP contribution is 2.40. The second-order valence-electron chi connectivity index (χ2n) is 11.5. The molecule has 4 atom stereocenters. The molecule has 0 amide bonds. The maximum absolute atomic E-state index is 13.2. The second-order valence-corrected chi connectivity index (χ2v) is 17.5. The zero-order valence-electron chi connectivity index (χ0n) is 24.1. The highest BCUT2D eigenvalue weighted by atomic mass is 32.2. The van der Waals surface area contributed by atoms with E-state index in [1.165, 1.54) is 20.0 Å². The average molecular weight is 541 g/mol. The summed E-state index contributed by atoms with van der Waals surface area (Å²) in [5, 5.41) is 11.2. The van der Waals surface area contributed by atoms with Crippen molar-refractivity contribution >= 4 is 31.8 Å². The van der Waals surface area contributed by atoms with Gasteiger partial charge in [0.15, 0.2) is 14.1 Å². The summed E-state index contributed by atoms with van der Waals surface area (Å²) in [5.74, 6) is 0.128. The van der Waals surface area contributed by atoms with Crippen LogP contribution in [0.15, 0.2) is 23.1 Å². The number of hydrogen-bond acceptors (Lipinski definition) is 6. The molecule has 0 radical (unpaired) electrons. The number of esters is 1. The van der Waals surface area contributed by atoms with Crippen LogP contribution in [0.4, 0.5) is 0 Å². The molecule has 7 heteroatoms. The van der Waals surface area contributed by atoms with Gasteiger partial charge < -0.3 is 14.3 Å². The van der Waals surface area contributed by atoms with Crippen LogP contribution in [0.25, 0.3) is 0 Å². The van der Waals surface area contributed by atoms with Gasteiger partial charge in [0.1, 0.15) is 0 Å². The highest BCUT2D eigenvalue weighted by Gasteiger charge is 2.40. The number of carbonyl (C=O) groups is 2. The second kappa shape index (κ2) is 16.2. The lowest BCUT2D eigenvalue weighted by atomic mass is 9.86. The number of Topliss-reactive ketones (excluding diaryl/α,β-unsaturated/α-hetero) is 1. The predicted octanol–water partition coefficient (Wildman–Crippen LogP) is 7.45. The summed E-state index contributed by atoms with van der Waals surface area (Å²) >= 11 is 1.56. The van der Waals surface area contributed by atoms with Gasteiger partial charge >= 0.3 is 5.97 Å². The smallest absolute Gasteiger partial charge is 0.305 e. The van der Waals surface area contributed by atoms with Gasteiger partial charge in [-0.15, -0.1) is 11.8 Å². The molecule has 0 saturated heterocycles. The average Bonchev–Trinajstić information content (AvgIpc) is 3.11. The lowest BCUT2D eigenvalue weighted by Crippen LogP contribution is -2.43. The summed E-state index contributed by atoms with van der Waals surface area (Å²) < 4.78 is 11.5. The molecule has 0 aromatic heterocycles. The Balaban J connectivity index is 2.96. The van der Waals surface area contributed by atoms with Crippen LogP contribution in [0.3, 0.4) is 0 Å². The number of ketones is 1. The first-order chi connectivity index (χ1) is 16.9. The van der Waals surface area contributed by atoms with Crippen molar-refractivity contribution in [1.82, 2.24) is 0 Å². The molecule has 0 saturated carbocycles. The zero-order chi connectivity index (χ0) is 27.4. The summed E-state index contributed by atoms with van der Waals surface area (Å²) in [6.07, 6.45) is 13.4. The van der Waals surface area contributed by atoms with Crippen molar-refractivity contribution in [2.24, 2.45) is 11.8 Å². The number of aliphatic hydroxyl groups is 1. The Labute approximate surface area is 226 Å². The van der Waals surface area contributed by atoms with Crippen LogP contribution in [0.5, 0.6) is 0 Å². The first kappa shape index (κ1) is 33.1. The van der Waals surface area contributed by atoms with E-state index < -0.39 is 20.3 Å². The van der Waals surface area contributed by atoms with E-state index in [0.29, 0.717) is 12.8 Å². The van der Waals surface area contributed by atoms with Gasteiger partial charge in [-0.05, 0) is 43.1 Å². The number of unbranched alkanes of at least 4 members (excludes halogenated alkanes) is 4. The molecule has 0 aliphatic heterocycles. The molecule has 0 spiro atoms. The fourth-order valence-corrected chi connectivity index (χ4v) is 6.41. The molecule has 1 aliphatic rings. The Bertz CT molecular complexity index is 740. The number of carbonyl (C=O) groups excluding carboxylic acids is 2. The van der Waals surface area contributed by atoms with Crippen LogP contribution in [0.1, 0.15) is 92.4 Å². The van der Waals surface area contributed by atoms with Gasteiger partial charge in [0, 0.05) is 17.2 Å². The van der Waals surface area contributed by atoms with Gasteiger partial charge in [-0.1, -0.05) is 85.0 Å². The molecule has 0 heterocycles. The molecule has 0 aromatic carbocycles. The lowest BCUT2D eigenvalue weighted by molar-refractivity contribution is -0.140. The number of methoxy groups -OCH3 is 1. The third-order valence-electron chi connectivity index (χ3n) is 7.52. The number of thioether (sulfide) groups is 1. The van der Waals surface area contributed by atoms with Crippen molar-refractivity contribution in [3.05, 3.63) is 23.1 Å². The number of rotatable bonds is 17. The van der Waals surface area contributed by atoms with Crippen molar-refractivity contribution < 1.29 is 23.9 Å². The van der Waals surface area contributed by atoms with Crippen molar-refractivity contribution in [2.45, 2.75) is 123 Å². The van der Waals surface area contributed by atoms with E-state index in [1.807, 2.05) is 13.0 Å². The monoisotopic (exact) mass is 540 g/mol. The summed E-state index contributed by atoms with van der Waals surface area (Å²) in [7, 11) is -0.541. The van der Waals surface area contributed by atoms with Crippen LogP contribution in [-0.2, 0) is 18.8 Å². The Morgan fingerprint density at radius 2 is 1.81 bits per heavy atom. The van der Waals surface area contributed by atoms with Crippen LogP contribution in [-0.4, -0.2) is 50.2 Å². The molecule has 0 fully saturated rings. The van der Waals surface area contributed by atoms with E-state index in [0.717, 1.165) is 42.8 Å². The summed E-state index contributed by atoms with van der Waals surface area (Å²) in [6, 6.07) is 0. The van der Waals surface area contributed by atoms with E-state index in [-0.39, 0.29) is 28.8 Å². The van der Waals surface area contributed by atoms with Crippen LogP contribution in [0.2, 0.25) is 18.1 Å². The topological polar surface area (TPSA) is 72.8 Å². The fourth-order valence-electron chi connectivity index (χ4n) is 4.26. The fraction of sp³-hybridized carbons (Fsp3) is 0.793. The van der Waals surface area contributed by atoms with Crippen LogP contribution in [0, 0.1) is 11.8 Å². The Hall–Kier alpha value is -0.893. The van der Waals surface area contributed by atoms with Gasteiger partial charge in [-0.25, -0.2) is 0 Å². The van der Waals surface area contributed by atoms with E-state index in [2.05, 4.69) is 52.9 Å². The molecule has 1 N–H and O–H groups in total. The maximum Gasteiger partial charge on any atom is 0.305 e. The van der Waals surface area contributed by atoms with E-state index in [4.69, 9.17) is 9.16 Å². The van der Waals surface area contributed by atoms with Crippen LogP contribution < -0.4 is 0 Å². The molecule has 1 rings (SSSR count). The molecule has 1 aliphatic carbocycles. The quantitative estimate of drug-likeness (QED) is 0.0894. The summed E-state index contributed by atoms with van der Waals surface area (Å²) in [6.45, 7) is 15.6. The predicted molar refractivity (Wildman–Crippen MR) is 155 cm³/mol. The van der Waals surface area contributed by atoms with Gasteiger partial charge in [0.25, 0.3) is 0 Å². The number of aliphatic hydroxyl groups excluding tert-OH is 1. The Kier molecular flexibility index (Phi) is 14.9. The highest BCUT2D eigenvalue weighted by molar-refractivity contribution is 8.04. The van der Waals surface area contributed by atoms with E-state index in [1.54, 1.807) is 11.8 Å². The SMILES string of the molecule is CCCCCC(C=CC1C=C(SCC)C(=O)C1C(O)CCCCCC(=O)OC)O[Si](C)(C)C(C)(C)C. The third kappa shape index (κ3) is 10.8. The Morgan fingerprint density at radius 3 is 2.39 bits per heavy atom. The first-order valence-electron chi connectivity index (χ1n) is 13.9. The molecule has 0 bridgehead atoms. The largest absolute Gasteiger partial charge is 0.469 e. The molecule has 36 heavy (non-hydrogen) atoms. The molecule has 0 aromatic rings. The molecule has 4 unspecified atom stereocenters. The minimum Gasteiger partial charge on any atom is -0.469 e. The van der Waals surface area contributed by atoms with Crippen molar-refractivity contribution in [3.8, 4) is 0 Å². The normalized spacial score (nSPS) is 20.6. The maximum atomic E-state index is 13.2. The molecule has 208 valence electrons. The number of allylic oxidation sites excluding steroid dienone is 3.